The molecule has 0 saturated carbocycles. The minimum Gasteiger partial charge on any atom is -0.366 e. The number of amides is 2. The predicted octanol–water partition coefficient (Wildman–Crippen LogP) is 3.06. The van der Waals surface area contributed by atoms with Crippen LogP contribution < -0.4 is 4.90 Å². The zero-order valence-corrected chi connectivity index (χ0v) is 18.7. The molecule has 11 heteroatoms. The van der Waals surface area contributed by atoms with Crippen molar-refractivity contribution in [2.75, 3.05) is 31.1 Å². The van der Waals surface area contributed by atoms with Crippen LogP contribution >= 0.6 is 11.3 Å². The van der Waals surface area contributed by atoms with Crippen molar-refractivity contribution in [3.8, 4) is 11.4 Å². The van der Waals surface area contributed by atoms with Crippen molar-refractivity contribution in [3.63, 3.8) is 0 Å². The molecule has 166 valence electrons. The summed E-state index contributed by atoms with van der Waals surface area (Å²) in [6.07, 6.45) is 7.27. The fourth-order valence-corrected chi connectivity index (χ4v) is 4.94. The number of hydrogen-bond donors (Lipinski definition) is 0. The van der Waals surface area contributed by atoms with Crippen LogP contribution in [0.25, 0.3) is 11.4 Å². The highest BCUT2D eigenvalue weighted by molar-refractivity contribution is 7.09. The Labute approximate surface area is 188 Å². The number of aryl methyl sites for hydroxylation is 2. The number of hydrazone groups is 1. The molecule has 5 heterocycles. The van der Waals surface area contributed by atoms with Crippen LogP contribution in [-0.4, -0.2) is 68.1 Å². The number of nitrogens with zero attached hydrogens (tertiary/aromatic N) is 8. The van der Waals surface area contributed by atoms with Crippen molar-refractivity contribution in [3.05, 3.63) is 46.4 Å². The number of carbonyl (C=O) groups excluding carboxylic acids is 1. The lowest BCUT2D eigenvalue weighted by Gasteiger charge is -2.38. The Morgan fingerprint density at radius 2 is 2.00 bits per heavy atom. The third kappa shape index (κ3) is 3.62. The van der Waals surface area contributed by atoms with Crippen LogP contribution in [-0.2, 0) is 7.05 Å². The zero-order chi connectivity index (χ0) is 22.2. The Hall–Kier alpha value is -3.34. The number of anilines is 1. The van der Waals surface area contributed by atoms with Gasteiger partial charge in [0, 0.05) is 56.9 Å². The summed E-state index contributed by atoms with van der Waals surface area (Å²) in [7, 11) is 1.85. The summed E-state index contributed by atoms with van der Waals surface area (Å²) >= 11 is 1.52. The number of halogens is 1. The average molecular weight is 455 g/mol. The van der Waals surface area contributed by atoms with Crippen molar-refractivity contribution in [2.45, 2.75) is 19.4 Å². The Balaban J connectivity index is 1.29. The Morgan fingerprint density at radius 1 is 1.19 bits per heavy atom. The lowest BCUT2D eigenvalue weighted by atomic mass is 10.1. The predicted molar refractivity (Wildman–Crippen MR) is 120 cm³/mol. The van der Waals surface area contributed by atoms with Crippen LogP contribution in [0, 0.1) is 12.7 Å². The van der Waals surface area contributed by atoms with E-state index in [9.17, 15) is 9.18 Å². The van der Waals surface area contributed by atoms with E-state index in [2.05, 4.69) is 20.2 Å². The lowest BCUT2D eigenvalue weighted by Crippen LogP contribution is -2.52. The van der Waals surface area contributed by atoms with E-state index in [4.69, 9.17) is 0 Å². The number of aromatic nitrogens is 4. The number of pyridine rings is 1. The number of thiazole rings is 1. The topological polar surface area (TPSA) is 82.8 Å². The summed E-state index contributed by atoms with van der Waals surface area (Å²) in [5.74, 6) is -0.372. The van der Waals surface area contributed by atoms with Gasteiger partial charge in [-0.2, -0.15) is 10.2 Å². The van der Waals surface area contributed by atoms with E-state index in [1.54, 1.807) is 44.8 Å². The molecule has 0 aromatic carbocycles. The van der Waals surface area contributed by atoms with Crippen molar-refractivity contribution in [2.24, 2.45) is 12.1 Å². The van der Waals surface area contributed by atoms with Gasteiger partial charge in [-0.1, -0.05) is 0 Å². The minimum atomic E-state index is -0.372. The fraction of sp³-hybridized carbons (Fsp3) is 0.381. The number of hydrogen-bond acceptors (Lipinski definition) is 7. The first-order chi connectivity index (χ1) is 15.5. The lowest BCUT2D eigenvalue weighted by molar-refractivity contribution is 0.140. The Kier molecular flexibility index (Phi) is 5.33. The maximum absolute atomic E-state index is 14.7. The third-order valence-corrected chi connectivity index (χ3v) is 6.77. The molecule has 2 aliphatic rings. The van der Waals surface area contributed by atoms with E-state index in [1.807, 2.05) is 18.9 Å². The van der Waals surface area contributed by atoms with Gasteiger partial charge < -0.3 is 9.80 Å². The summed E-state index contributed by atoms with van der Waals surface area (Å²) < 4.78 is 16.4. The molecular weight excluding hydrogens is 431 g/mol. The van der Waals surface area contributed by atoms with Crippen LogP contribution in [0.1, 0.15) is 22.9 Å². The summed E-state index contributed by atoms with van der Waals surface area (Å²) in [6, 6.07) is 1.54. The molecule has 3 aromatic rings. The SMILES string of the molecule is Cc1cnn(C)c1-c1cc(N2CCN(C(=O)N3N=CCC3c3cncs3)CC2)c(F)cn1. The number of carbonyl (C=O) groups is 1. The first kappa shape index (κ1) is 20.6. The smallest absolute Gasteiger partial charge is 0.341 e. The summed E-state index contributed by atoms with van der Waals surface area (Å²) in [4.78, 5) is 26.3. The van der Waals surface area contributed by atoms with E-state index < -0.39 is 0 Å². The van der Waals surface area contributed by atoms with E-state index >= 15 is 0 Å². The van der Waals surface area contributed by atoms with Gasteiger partial charge in [-0.05, 0) is 18.6 Å². The van der Waals surface area contributed by atoms with Crippen molar-refractivity contribution in [1.29, 1.82) is 0 Å². The van der Waals surface area contributed by atoms with Crippen LogP contribution in [0.15, 0.2) is 35.3 Å². The molecule has 0 radical (unpaired) electrons. The second kappa shape index (κ2) is 8.30. The highest BCUT2D eigenvalue weighted by Crippen LogP contribution is 2.32. The van der Waals surface area contributed by atoms with E-state index in [-0.39, 0.29) is 17.9 Å². The van der Waals surface area contributed by atoms with E-state index in [1.165, 1.54) is 17.5 Å². The highest BCUT2D eigenvalue weighted by atomic mass is 32.1. The molecule has 0 spiro atoms. The van der Waals surface area contributed by atoms with Gasteiger partial charge >= 0.3 is 6.03 Å². The van der Waals surface area contributed by atoms with E-state index in [0.29, 0.717) is 44.0 Å². The molecule has 1 fully saturated rings. The Bertz CT molecular complexity index is 1130. The van der Waals surface area contributed by atoms with Gasteiger partial charge in [-0.25, -0.2) is 14.2 Å². The molecule has 2 amide bonds. The van der Waals surface area contributed by atoms with Crippen molar-refractivity contribution >= 4 is 29.3 Å². The van der Waals surface area contributed by atoms with Gasteiger partial charge in [-0.3, -0.25) is 14.6 Å². The average Bonchev–Trinajstić information content (AvgIpc) is 3.55. The normalized spacial score (nSPS) is 18.6. The van der Waals surface area contributed by atoms with Crippen LogP contribution in [0.5, 0.6) is 0 Å². The summed E-state index contributed by atoms with van der Waals surface area (Å²) in [6.45, 7) is 3.99. The highest BCUT2D eigenvalue weighted by Gasteiger charge is 2.34. The van der Waals surface area contributed by atoms with Gasteiger partial charge in [-0.15, -0.1) is 11.3 Å². The van der Waals surface area contributed by atoms with Gasteiger partial charge in [0.1, 0.15) is 0 Å². The first-order valence-electron chi connectivity index (χ1n) is 10.4. The molecule has 1 saturated heterocycles. The minimum absolute atomic E-state index is 0.102. The number of urea groups is 1. The molecule has 3 aromatic heterocycles. The maximum atomic E-state index is 14.7. The standard InChI is InChI=1S/C21H23FN8OS/c1-14-10-26-27(2)20(14)16-9-18(15(22)11-24-16)28-5-7-29(8-6-28)21(31)30-17(3-4-25-30)19-12-23-13-32-19/h4,9-13,17H,3,5-8H2,1-2H3. The molecule has 32 heavy (non-hydrogen) atoms. The van der Waals surface area contributed by atoms with Crippen molar-refractivity contribution < 1.29 is 9.18 Å². The molecule has 2 aliphatic heterocycles. The van der Waals surface area contributed by atoms with Gasteiger partial charge in [0.2, 0.25) is 0 Å². The van der Waals surface area contributed by atoms with Crippen LogP contribution in [0.2, 0.25) is 0 Å². The zero-order valence-electron chi connectivity index (χ0n) is 17.8. The van der Waals surface area contributed by atoms with Crippen LogP contribution in [0.3, 0.4) is 0 Å². The van der Waals surface area contributed by atoms with Gasteiger partial charge in [0.05, 0.1) is 41.0 Å². The van der Waals surface area contributed by atoms with E-state index in [0.717, 1.165) is 16.1 Å². The molecule has 9 nitrogen and oxygen atoms in total. The first-order valence-corrected chi connectivity index (χ1v) is 11.3. The Morgan fingerprint density at radius 3 is 2.69 bits per heavy atom. The molecule has 0 bridgehead atoms. The molecule has 0 aliphatic carbocycles. The molecule has 0 N–H and O–H groups in total. The monoisotopic (exact) mass is 454 g/mol. The molecule has 5 rings (SSSR count). The molecule has 1 atom stereocenters. The fourth-order valence-electron chi connectivity index (χ4n) is 4.22. The summed E-state index contributed by atoms with van der Waals surface area (Å²) in [5, 5.41) is 10.1. The molecular formula is C21H23FN8OS. The van der Waals surface area contributed by atoms with Gasteiger partial charge in [0.15, 0.2) is 5.82 Å². The second-order valence-electron chi connectivity index (χ2n) is 7.88. The summed E-state index contributed by atoms with van der Waals surface area (Å²) in [5.41, 5.74) is 4.77. The van der Waals surface area contributed by atoms with Crippen molar-refractivity contribution in [1.82, 2.24) is 29.7 Å². The van der Waals surface area contributed by atoms with Gasteiger partial charge in [0.25, 0.3) is 0 Å². The maximum Gasteiger partial charge on any atom is 0.341 e. The molecule has 1 unspecified atom stereocenters. The second-order valence-corrected chi connectivity index (χ2v) is 8.79. The van der Waals surface area contributed by atoms with Crippen LogP contribution in [0.4, 0.5) is 14.9 Å². The largest absolute Gasteiger partial charge is 0.366 e. The quantitative estimate of drug-likeness (QED) is 0.608. The third-order valence-electron chi connectivity index (χ3n) is 5.90. The number of rotatable bonds is 3. The number of piperazine rings is 1.